The topological polar surface area (TPSA) is 59.6 Å². The highest BCUT2D eigenvalue weighted by Gasteiger charge is 2.32. The molecule has 0 aliphatic carbocycles. The molecule has 0 bridgehead atoms. The average molecular weight is 418 g/mol. The summed E-state index contributed by atoms with van der Waals surface area (Å²) in [6.45, 7) is 4.21. The van der Waals surface area contributed by atoms with Gasteiger partial charge in [-0.25, -0.2) is 4.79 Å². The van der Waals surface area contributed by atoms with E-state index in [1.807, 2.05) is 32.0 Å². The van der Waals surface area contributed by atoms with Gasteiger partial charge in [0.05, 0.1) is 12.1 Å². The predicted octanol–water partition coefficient (Wildman–Crippen LogP) is 4.62. The van der Waals surface area contributed by atoms with Crippen molar-refractivity contribution in [2.75, 3.05) is 18.5 Å². The summed E-state index contributed by atoms with van der Waals surface area (Å²) in [6.07, 6.45) is -3.61. The molecule has 2 aromatic carbocycles. The van der Waals surface area contributed by atoms with E-state index in [1.54, 1.807) is 0 Å². The van der Waals surface area contributed by atoms with Gasteiger partial charge in [-0.3, -0.25) is 0 Å². The number of ether oxygens (including phenoxy) is 2. The molecule has 0 aromatic heterocycles. The lowest BCUT2D eigenvalue weighted by atomic mass is 10.0. The zero-order valence-corrected chi connectivity index (χ0v) is 16.5. The van der Waals surface area contributed by atoms with Crippen LogP contribution < -0.4 is 20.1 Å². The zero-order chi connectivity index (χ0) is 21.8. The quantitative estimate of drug-likeness (QED) is 0.713. The summed E-state index contributed by atoms with van der Waals surface area (Å²) < 4.78 is 49.2. The molecule has 0 saturated heterocycles. The average Bonchev–Trinajstić information content (AvgIpc) is 2.99. The third-order valence-electron chi connectivity index (χ3n) is 4.29. The maximum Gasteiger partial charge on any atom is 0.416 e. The maximum atomic E-state index is 12.5. The minimum absolute atomic E-state index is 0.0618. The van der Waals surface area contributed by atoms with E-state index in [0.29, 0.717) is 5.75 Å². The van der Waals surface area contributed by atoms with Crippen LogP contribution in [0, 0.1) is 11.8 Å². The highest BCUT2D eigenvalue weighted by molar-refractivity contribution is 5.89. The lowest BCUT2D eigenvalue weighted by Gasteiger charge is -2.17. The zero-order valence-electron chi connectivity index (χ0n) is 16.5. The first-order chi connectivity index (χ1) is 14.1. The second-order valence-corrected chi connectivity index (χ2v) is 7.31. The van der Waals surface area contributed by atoms with E-state index in [1.165, 1.54) is 12.1 Å². The van der Waals surface area contributed by atoms with E-state index < -0.39 is 17.8 Å². The van der Waals surface area contributed by atoms with Gasteiger partial charge in [0.15, 0.2) is 11.5 Å². The number of halogens is 3. The smallest absolute Gasteiger partial charge is 0.416 e. The Morgan fingerprint density at radius 2 is 1.90 bits per heavy atom. The second kappa shape index (κ2) is 8.57. The van der Waals surface area contributed by atoms with Gasteiger partial charge in [-0.2, -0.15) is 13.2 Å². The van der Waals surface area contributed by atoms with Crippen LogP contribution >= 0.6 is 0 Å². The summed E-state index contributed by atoms with van der Waals surface area (Å²) in [5.41, 5.74) is 0.291. The van der Waals surface area contributed by atoms with Crippen molar-refractivity contribution in [3.63, 3.8) is 0 Å². The largest absolute Gasteiger partial charge is 0.483 e. The summed E-state index contributed by atoms with van der Waals surface area (Å²) in [5.74, 6) is 6.90. The van der Waals surface area contributed by atoms with E-state index >= 15 is 0 Å². The molecule has 8 heteroatoms. The summed E-state index contributed by atoms with van der Waals surface area (Å²) in [7, 11) is 0. The molecule has 1 aliphatic heterocycles. The van der Waals surface area contributed by atoms with Crippen LogP contribution in [0.3, 0.4) is 0 Å². The molecule has 2 N–H and O–H groups in total. The van der Waals surface area contributed by atoms with E-state index in [0.717, 1.165) is 29.9 Å². The molecule has 0 atom stereocenters. The predicted molar refractivity (Wildman–Crippen MR) is 107 cm³/mol. The molecule has 158 valence electrons. The lowest BCUT2D eigenvalue weighted by molar-refractivity contribution is -0.137. The van der Waals surface area contributed by atoms with Crippen molar-refractivity contribution in [2.24, 2.45) is 0 Å². The van der Waals surface area contributed by atoms with Crippen molar-refractivity contribution in [3.05, 3.63) is 53.6 Å². The van der Waals surface area contributed by atoms with Crippen LogP contribution in [-0.4, -0.2) is 24.8 Å². The third-order valence-corrected chi connectivity index (χ3v) is 4.29. The molecule has 0 spiro atoms. The van der Waals surface area contributed by atoms with Gasteiger partial charge in [-0.05, 0) is 44.2 Å². The lowest BCUT2D eigenvalue weighted by Crippen LogP contribution is -2.29. The Morgan fingerprint density at radius 1 is 1.17 bits per heavy atom. The van der Waals surface area contributed by atoms with E-state index in [9.17, 15) is 18.0 Å². The monoisotopic (exact) mass is 418 g/mol. The fraction of sp³-hybridized carbons (Fsp3) is 0.318. The minimum atomic E-state index is -4.42. The number of hydrogen-bond acceptors (Lipinski definition) is 3. The summed E-state index contributed by atoms with van der Waals surface area (Å²) in [4.78, 5) is 11.8. The first-order valence-corrected chi connectivity index (χ1v) is 9.26. The Kier molecular flexibility index (Phi) is 6.11. The molecule has 0 fully saturated rings. The summed E-state index contributed by atoms with van der Waals surface area (Å²) in [5, 5.41) is 4.94. The van der Waals surface area contributed by atoms with Gasteiger partial charge >= 0.3 is 12.2 Å². The maximum absolute atomic E-state index is 12.5. The number of carbonyl (C=O) groups is 1. The molecule has 3 rings (SSSR count). The van der Waals surface area contributed by atoms with E-state index in [-0.39, 0.29) is 24.4 Å². The number of nitrogens with one attached hydrogen (secondary N) is 2. The van der Waals surface area contributed by atoms with E-state index in [2.05, 4.69) is 22.5 Å². The molecule has 30 heavy (non-hydrogen) atoms. The molecule has 2 amide bonds. The highest BCUT2D eigenvalue weighted by atomic mass is 19.4. The molecule has 0 radical (unpaired) electrons. The molecule has 2 aromatic rings. The Bertz CT molecular complexity index is 974. The SMILES string of the molecule is CC1(C)Cc2cccc(OCC#CCNC(=O)Nc3ccc(C(F)(F)F)cc3)c2O1. The van der Waals surface area contributed by atoms with Crippen molar-refractivity contribution in [2.45, 2.75) is 32.0 Å². The first kappa shape index (κ1) is 21.4. The minimum Gasteiger partial charge on any atom is -0.483 e. The van der Waals surface area contributed by atoms with Crippen molar-refractivity contribution in [3.8, 4) is 23.3 Å². The standard InChI is InChI=1S/C22H21F3N2O3/c1-21(2)14-15-6-5-7-18(19(15)30-21)29-13-4-3-12-26-20(28)27-17-10-8-16(9-11-17)22(23,24)25/h5-11H,12-14H2,1-2H3,(H2,26,27,28). The number of hydrogen-bond donors (Lipinski definition) is 2. The summed E-state index contributed by atoms with van der Waals surface area (Å²) >= 11 is 0. The molecular weight excluding hydrogens is 397 g/mol. The second-order valence-electron chi connectivity index (χ2n) is 7.31. The van der Waals surface area contributed by atoms with Gasteiger partial charge in [0.2, 0.25) is 0 Å². The number of anilines is 1. The number of benzene rings is 2. The number of para-hydroxylation sites is 1. The van der Waals surface area contributed by atoms with Crippen molar-refractivity contribution >= 4 is 11.7 Å². The van der Waals surface area contributed by atoms with Gasteiger partial charge in [-0.1, -0.05) is 24.0 Å². The summed E-state index contributed by atoms with van der Waals surface area (Å²) in [6, 6.07) is 9.32. The molecule has 0 saturated carbocycles. The van der Waals surface area contributed by atoms with Crippen LogP contribution in [0.25, 0.3) is 0 Å². The Balaban J connectivity index is 1.42. The third kappa shape index (κ3) is 5.60. The van der Waals surface area contributed by atoms with E-state index in [4.69, 9.17) is 9.47 Å². The molecule has 5 nitrogen and oxygen atoms in total. The van der Waals surface area contributed by atoms with Crippen LogP contribution in [0.4, 0.5) is 23.7 Å². The normalized spacial score (nSPS) is 14.0. The number of carbonyl (C=O) groups excluding carboxylic acids is 1. The Morgan fingerprint density at radius 3 is 2.60 bits per heavy atom. The van der Waals surface area contributed by atoms with Crippen LogP contribution in [-0.2, 0) is 12.6 Å². The number of amides is 2. The van der Waals surface area contributed by atoms with Crippen LogP contribution in [0.5, 0.6) is 11.5 Å². The van der Waals surface area contributed by atoms with Crippen molar-refractivity contribution < 1.29 is 27.4 Å². The number of fused-ring (bicyclic) bond motifs is 1. The molecule has 1 aliphatic rings. The van der Waals surface area contributed by atoms with Gasteiger partial charge in [0, 0.05) is 17.7 Å². The highest BCUT2D eigenvalue weighted by Crippen LogP contribution is 2.41. The van der Waals surface area contributed by atoms with Crippen molar-refractivity contribution in [1.82, 2.24) is 5.32 Å². The fourth-order valence-corrected chi connectivity index (χ4v) is 2.97. The molecule has 1 heterocycles. The molecule has 0 unspecified atom stereocenters. The van der Waals surface area contributed by atoms with Gasteiger partial charge in [0.1, 0.15) is 12.2 Å². The van der Waals surface area contributed by atoms with Crippen LogP contribution in [0.1, 0.15) is 25.0 Å². The van der Waals surface area contributed by atoms with Gasteiger partial charge < -0.3 is 20.1 Å². The Hall–Kier alpha value is -3.34. The van der Waals surface area contributed by atoms with Crippen molar-refractivity contribution in [1.29, 1.82) is 0 Å². The number of rotatable bonds is 4. The molecular formula is C22H21F3N2O3. The first-order valence-electron chi connectivity index (χ1n) is 9.26. The number of alkyl halides is 3. The Labute approximate surface area is 172 Å². The number of urea groups is 1. The van der Waals surface area contributed by atoms with Gasteiger partial charge in [-0.15, -0.1) is 0 Å². The van der Waals surface area contributed by atoms with Crippen LogP contribution in [0.2, 0.25) is 0 Å². The fourth-order valence-electron chi connectivity index (χ4n) is 2.97. The van der Waals surface area contributed by atoms with Gasteiger partial charge in [0.25, 0.3) is 0 Å². The van der Waals surface area contributed by atoms with Crippen LogP contribution in [0.15, 0.2) is 42.5 Å².